The van der Waals surface area contributed by atoms with E-state index >= 15 is 0 Å². The predicted molar refractivity (Wildman–Crippen MR) is 126 cm³/mol. The normalized spacial score (nSPS) is 27.2. The topological polar surface area (TPSA) is 57.6 Å². The van der Waals surface area contributed by atoms with E-state index in [1.165, 1.54) is 12.1 Å². The van der Waals surface area contributed by atoms with Crippen LogP contribution in [0.3, 0.4) is 0 Å². The number of sulfone groups is 1. The summed E-state index contributed by atoms with van der Waals surface area (Å²) in [4.78, 5) is 2.58. The van der Waals surface area contributed by atoms with Gasteiger partial charge in [-0.15, -0.1) is 0 Å². The highest BCUT2D eigenvalue weighted by Gasteiger charge is 2.49. The molecule has 4 rings (SSSR count). The summed E-state index contributed by atoms with van der Waals surface area (Å²) in [5.41, 5.74) is 1.64. The fraction of sp³-hybridized carbons (Fsp3) is 0.538. The van der Waals surface area contributed by atoms with E-state index in [2.05, 4.69) is 11.8 Å². The van der Waals surface area contributed by atoms with E-state index in [9.17, 15) is 17.9 Å². The Hall–Kier alpha value is -1.92. The molecule has 6 heteroatoms. The first-order valence-electron chi connectivity index (χ1n) is 11.9. The summed E-state index contributed by atoms with van der Waals surface area (Å²) in [5, 5.41) is 11.9. The fourth-order valence-corrected chi connectivity index (χ4v) is 7.82. The van der Waals surface area contributed by atoms with Crippen molar-refractivity contribution in [3.8, 4) is 0 Å². The Morgan fingerprint density at radius 2 is 1.78 bits per heavy atom. The van der Waals surface area contributed by atoms with Crippen LogP contribution in [0, 0.1) is 11.2 Å². The molecule has 1 fully saturated rings. The number of benzene rings is 2. The second-order valence-electron chi connectivity index (χ2n) is 9.47. The van der Waals surface area contributed by atoms with Gasteiger partial charge in [0.2, 0.25) is 0 Å². The highest BCUT2D eigenvalue weighted by atomic mass is 32.2. The van der Waals surface area contributed by atoms with Gasteiger partial charge in [-0.2, -0.15) is 0 Å². The SMILES string of the molecule is CCCC[C@]1(CC)CS(=O)(=O)c2ccc(N3CCCC3)cc2[C@H](c2ccc(F)cc2)[C@@H]1O. The summed E-state index contributed by atoms with van der Waals surface area (Å²) in [6, 6.07) is 11.8. The minimum absolute atomic E-state index is 0.0641. The lowest BCUT2D eigenvalue weighted by atomic mass is 9.69. The average molecular weight is 460 g/mol. The van der Waals surface area contributed by atoms with Gasteiger partial charge >= 0.3 is 0 Å². The second kappa shape index (κ2) is 9.14. The van der Waals surface area contributed by atoms with Crippen molar-refractivity contribution < 1.29 is 17.9 Å². The lowest BCUT2D eigenvalue weighted by Crippen LogP contribution is -2.42. The number of unbranched alkanes of at least 4 members (excludes halogenated alkanes) is 1. The van der Waals surface area contributed by atoms with Crippen molar-refractivity contribution in [2.45, 2.75) is 69.3 Å². The van der Waals surface area contributed by atoms with E-state index in [4.69, 9.17) is 0 Å². The minimum Gasteiger partial charge on any atom is -0.392 e. The highest BCUT2D eigenvalue weighted by molar-refractivity contribution is 7.91. The molecule has 2 aliphatic heterocycles. The molecule has 0 bridgehead atoms. The molecule has 2 aromatic rings. The third-order valence-electron chi connectivity index (χ3n) is 7.52. The number of anilines is 1. The van der Waals surface area contributed by atoms with Gasteiger partial charge in [-0.1, -0.05) is 38.8 Å². The van der Waals surface area contributed by atoms with Gasteiger partial charge in [-0.3, -0.25) is 0 Å². The number of fused-ring (bicyclic) bond motifs is 1. The first-order valence-corrected chi connectivity index (χ1v) is 13.5. The van der Waals surface area contributed by atoms with Crippen LogP contribution in [-0.2, 0) is 9.84 Å². The van der Waals surface area contributed by atoms with Gasteiger partial charge in [0.05, 0.1) is 16.8 Å². The summed E-state index contributed by atoms with van der Waals surface area (Å²) in [6.45, 7) is 5.95. The van der Waals surface area contributed by atoms with Crippen LogP contribution >= 0.6 is 0 Å². The first-order chi connectivity index (χ1) is 15.3. The molecular formula is C26H34FNO3S. The zero-order chi connectivity index (χ0) is 22.9. The molecule has 32 heavy (non-hydrogen) atoms. The van der Waals surface area contributed by atoms with Crippen molar-refractivity contribution in [3.63, 3.8) is 0 Å². The summed E-state index contributed by atoms with van der Waals surface area (Å²) < 4.78 is 41.0. The number of hydrogen-bond donors (Lipinski definition) is 1. The molecule has 174 valence electrons. The standard InChI is InChI=1S/C26H34FNO3S/c1-3-5-14-26(4-2)18-32(30,31)23-13-12-21(28-15-6-7-16-28)17-22(23)24(25(26)29)19-8-10-20(27)11-9-19/h8-13,17,24-25,29H,3-7,14-16,18H2,1-2H3/t24-,25-,26+/m0/s1. The summed E-state index contributed by atoms with van der Waals surface area (Å²) >= 11 is 0. The summed E-state index contributed by atoms with van der Waals surface area (Å²) in [6.07, 6.45) is 4.36. The quantitative estimate of drug-likeness (QED) is 0.637. The van der Waals surface area contributed by atoms with Gasteiger partial charge in [-0.25, -0.2) is 12.8 Å². The maximum Gasteiger partial charge on any atom is 0.179 e. The van der Waals surface area contributed by atoms with E-state index in [-0.39, 0.29) is 11.6 Å². The molecule has 1 N–H and O–H groups in total. The predicted octanol–water partition coefficient (Wildman–Crippen LogP) is 5.29. The Morgan fingerprint density at radius 1 is 1.09 bits per heavy atom. The molecule has 4 nitrogen and oxygen atoms in total. The van der Waals surface area contributed by atoms with Gasteiger partial charge in [0.1, 0.15) is 5.82 Å². The van der Waals surface area contributed by atoms with Crippen molar-refractivity contribution >= 4 is 15.5 Å². The van der Waals surface area contributed by atoms with E-state index in [0.717, 1.165) is 50.0 Å². The molecule has 0 amide bonds. The Kier molecular flexibility index (Phi) is 6.64. The van der Waals surface area contributed by atoms with Gasteiger partial charge in [0.15, 0.2) is 9.84 Å². The zero-order valence-corrected chi connectivity index (χ0v) is 19.9. The molecule has 2 aromatic carbocycles. The van der Waals surface area contributed by atoms with Gasteiger partial charge in [0.25, 0.3) is 0 Å². The van der Waals surface area contributed by atoms with Crippen LogP contribution in [0.1, 0.15) is 69.4 Å². The average Bonchev–Trinajstić information content (AvgIpc) is 3.31. The Balaban J connectivity index is 1.93. The number of aliphatic hydroxyl groups is 1. The third-order valence-corrected chi connectivity index (χ3v) is 9.51. The number of halogens is 1. The molecule has 0 radical (unpaired) electrons. The van der Waals surface area contributed by atoms with E-state index in [0.29, 0.717) is 23.3 Å². The van der Waals surface area contributed by atoms with Crippen molar-refractivity contribution in [1.29, 1.82) is 0 Å². The van der Waals surface area contributed by atoms with Crippen molar-refractivity contribution in [1.82, 2.24) is 0 Å². The maximum atomic E-state index is 13.7. The van der Waals surface area contributed by atoms with Crippen LogP contribution in [0.25, 0.3) is 0 Å². The van der Waals surface area contributed by atoms with E-state index in [1.807, 2.05) is 19.1 Å². The largest absolute Gasteiger partial charge is 0.392 e. The lowest BCUT2D eigenvalue weighted by Gasteiger charge is -2.39. The smallest absolute Gasteiger partial charge is 0.179 e. The van der Waals surface area contributed by atoms with Gasteiger partial charge in [0, 0.05) is 30.1 Å². The van der Waals surface area contributed by atoms with Crippen LogP contribution in [0.5, 0.6) is 0 Å². The summed E-state index contributed by atoms with van der Waals surface area (Å²) in [5.74, 6) is -0.934. The fourth-order valence-electron chi connectivity index (χ4n) is 5.57. The van der Waals surface area contributed by atoms with Crippen molar-refractivity contribution in [2.24, 2.45) is 5.41 Å². The molecule has 0 unspecified atom stereocenters. The number of aliphatic hydroxyl groups excluding tert-OH is 1. The second-order valence-corrected chi connectivity index (χ2v) is 11.4. The van der Waals surface area contributed by atoms with Crippen molar-refractivity contribution in [3.05, 3.63) is 59.4 Å². The summed E-state index contributed by atoms with van der Waals surface area (Å²) in [7, 11) is -3.60. The molecule has 2 aliphatic rings. The molecule has 0 saturated carbocycles. The van der Waals surface area contributed by atoms with Crippen LogP contribution in [-0.4, -0.2) is 38.5 Å². The number of hydrogen-bond acceptors (Lipinski definition) is 4. The zero-order valence-electron chi connectivity index (χ0n) is 19.1. The Labute approximate surface area is 191 Å². The maximum absolute atomic E-state index is 13.7. The monoisotopic (exact) mass is 459 g/mol. The van der Waals surface area contributed by atoms with Gasteiger partial charge < -0.3 is 10.0 Å². The molecule has 0 aromatic heterocycles. The lowest BCUT2D eigenvalue weighted by molar-refractivity contribution is 0.0174. The number of rotatable bonds is 6. The van der Waals surface area contributed by atoms with Crippen LogP contribution in [0.4, 0.5) is 10.1 Å². The Bertz CT molecular complexity index is 1050. The molecule has 2 heterocycles. The van der Waals surface area contributed by atoms with Gasteiger partial charge in [-0.05, 0) is 67.1 Å². The number of nitrogens with zero attached hydrogens (tertiary/aromatic N) is 1. The molecule has 0 aliphatic carbocycles. The first kappa shape index (κ1) is 23.2. The third kappa shape index (κ3) is 4.19. The van der Waals surface area contributed by atoms with Crippen molar-refractivity contribution in [2.75, 3.05) is 23.7 Å². The van der Waals surface area contributed by atoms with Crippen LogP contribution in [0.15, 0.2) is 47.4 Å². The van der Waals surface area contributed by atoms with E-state index < -0.39 is 27.3 Å². The van der Waals surface area contributed by atoms with E-state index in [1.54, 1.807) is 18.2 Å². The minimum atomic E-state index is -3.60. The van der Waals surface area contributed by atoms with Crippen LogP contribution in [0.2, 0.25) is 0 Å². The molecule has 0 spiro atoms. The highest BCUT2D eigenvalue weighted by Crippen LogP contribution is 2.49. The molecule has 1 saturated heterocycles. The molecular weight excluding hydrogens is 425 g/mol. The Morgan fingerprint density at radius 3 is 2.41 bits per heavy atom. The molecule has 3 atom stereocenters. The van der Waals surface area contributed by atoms with Crippen LogP contribution < -0.4 is 4.90 Å².